The van der Waals surface area contributed by atoms with E-state index in [1.54, 1.807) is 55.5 Å². The Morgan fingerprint density at radius 1 is 1.04 bits per heavy atom. The van der Waals surface area contributed by atoms with E-state index in [2.05, 4.69) is 31.2 Å². The Morgan fingerprint density at radius 2 is 1.71 bits per heavy atom. The van der Waals surface area contributed by atoms with Crippen LogP contribution < -0.4 is 10.1 Å². The number of sulfonamides is 1. The van der Waals surface area contributed by atoms with E-state index in [1.165, 1.54) is 18.4 Å². The molecule has 0 aliphatic rings. The van der Waals surface area contributed by atoms with Gasteiger partial charge in [-0.3, -0.25) is 4.79 Å². The molecule has 2 N–H and O–H groups in total. The zero-order valence-corrected chi connectivity index (χ0v) is 17.1. The van der Waals surface area contributed by atoms with Gasteiger partial charge in [-0.15, -0.1) is 0 Å². The summed E-state index contributed by atoms with van der Waals surface area (Å²) in [5, 5.41) is 6.67. The van der Waals surface area contributed by atoms with Crippen LogP contribution in [0.1, 0.15) is 23.0 Å². The minimum absolute atomic E-state index is 0.114. The molecular formula is C19H16BrN3O4S. The number of halogens is 1. The van der Waals surface area contributed by atoms with Crippen LogP contribution in [0.25, 0.3) is 0 Å². The Bertz CT molecular complexity index is 1090. The standard InChI is InChI=1S/C19H16BrN3O4S/c1-13(22-23-28(25,26)17-10-6-15(20)7-11-17)14-4-8-16(9-5-14)21-19(24)18-3-2-12-27-18/h2-12,23H,1H3,(H,21,24). The molecular weight excluding hydrogens is 446 g/mol. The lowest BCUT2D eigenvalue weighted by atomic mass is 10.1. The van der Waals surface area contributed by atoms with Crippen molar-refractivity contribution in [3.63, 3.8) is 0 Å². The highest BCUT2D eigenvalue weighted by atomic mass is 79.9. The zero-order valence-electron chi connectivity index (χ0n) is 14.7. The maximum atomic E-state index is 12.3. The van der Waals surface area contributed by atoms with E-state index in [1.807, 2.05) is 0 Å². The highest BCUT2D eigenvalue weighted by Crippen LogP contribution is 2.15. The molecule has 0 aliphatic carbocycles. The lowest BCUT2D eigenvalue weighted by Crippen LogP contribution is -2.20. The molecule has 0 radical (unpaired) electrons. The molecule has 28 heavy (non-hydrogen) atoms. The Balaban J connectivity index is 1.67. The van der Waals surface area contributed by atoms with E-state index in [9.17, 15) is 13.2 Å². The smallest absolute Gasteiger partial charge is 0.291 e. The monoisotopic (exact) mass is 461 g/mol. The van der Waals surface area contributed by atoms with Gasteiger partial charge in [0.15, 0.2) is 5.76 Å². The number of benzene rings is 2. The van der Waals surface area contributed by atoms with Gasteiger partial charge in [0.1, 0.15) is 0 Å². The molecule has 0 atom stereocenters. The summed E-state index contributed by atoms with van der Waals surface area (Å²) in [7, 11) is -3.76. The lowest BCUT2D eigenvalue weighted by Gasteiger charge is -2.07. The Kier molecular flexibility index (Phi) is 5.96. The Labute approximate surface area is 170 Å². The van der Waals surface area contributed by atoms with E-state index in [4.69, 9.17) is 4.42 Å². The van der Waals surface area contributed by atoms with E-state index in [-0.39, 0.29) is 16.6 Å². The first kappa shape index (κ1) is 19.8. The molecule has 1 aromatic heterocycles. The molecule has 0 saturated heterocycles. The van der Waals surface area contributed by atoms with Gasteiger partial charge >= 0.3 is 0 Å². The van der Waals surface area contributed by atoms with Crippen molar-refractivity contribution in [1.82, 2.24) is 4.83 Å². The summed E-state index contributed by atoms with van der Waals surface area (Å²) in [6, 6.07) is 16.3. The molecule has 0 saturated carbocycles. The van der Waals surface area contributed by atoms with Gasteiger partial charge in [0.05, 0.1) is 16.9 Å². The maximum absolute atomic E-state index is 12.3. The topological polar surface area (TPSA) is 101 Å². The molecule has 0 bridgehead atoms. The largest absolute Gasteiger partial charge is 0.459 e. The van der Waals surface area contributed by atoms with Crippen LogP contribution >= 0.6 is 15.9 Å². The van der Waals surface area contributed by atoms with Crippen LogP contribution in [0.5, 0.6) is 0 Å². The van der Waals surface area contributed by atoms with Gasteiger partial charge < -0.3 is 9.73 Å². The maximum Gasteiger partial charge on any atom is 0.291 e. The number of carbonyl (C=O) groups excluding carboxylic acids is 1. The van der Waals surface area contributed by atoms with Crippen LogP contribution in [0.4, 0.5) is 5.69 Å². The number of carbonyl (C=O) groups is 1. The summed E-state index contributed by atoms with van der Waals surface area (Å²) in [6.07, 6.45) is 1.42. The molecule has 3 rings (SSSR count). The van der Waals surface area contributed by atoms with Crippen LogP contribution in [0.2, 0.25) is 0 Å². The summed E-state index contributed by atoms with van der Waals surface area (Å²) in [5.41, 5.74) is 1.76. The van der Waals surface area contributed by atoms with Crippen LogP contribution in [-0.2, 0) is 10.0 Å². The second kappa shape index (κ2) is 8.41. The third kappa shape index (κ3) is 4.87. The van der Waals surface area contributed by atoms with E-state index < -0.39 is 10.0 Å². The average Bonchev–Trinajstić information content (AvgIpc) is 3.22. The van der Waals surface area contributed by atoms with E-state index in [0.29, 0.717) is 17.0 Å². The summed E-state index contributed by atoms with van der Waals surface area (Å²) in [4.78, 5) is 14.3. The van der Waals surface area contributed by atoms with Crippen LogP contribution in [-0.4, -0.2) is 20.0 Å². The third-order valence-electron chi connectivity index (χ3n) is 3.76. The molecule has 144 valence electrons. The number of anilines is 1. The fraction of sp³-hybridized carbons (Fsp3) is 0.0526. The van der Waals surface area contributed by atoms with Crippen LogP contribution in [0.3, 0.4) is 0 Å². The minimum atomic E-state index is -3.76. The predicted octanol–water partition coefficient (Wildman–Crippen LogP) is 4.00. The molecule has 3 aromatic rings. The van der Waals surface area contributed by atoms with Crippen molar-refractivity contribution in [1.29, 1.82) is 0 Å². The second-order valence-electron chi connectivity index (χ2n) is 5.75. The first-order valence-corrected chi connectivity index (χ1v) is 10.4. The number of amides is 1. The lowest BCUT2D eigenvalue weighted by molar-refractivity contribution is 0.0996. The van der Waals surface area contributed by atoms with Crippen molar-refractivity contribution in [2.24, 2.45) is 5.10 Å². The first-order valence-electron chi connectivity index (χ1n) is 8.12. The molecule has 1 heterocycles. The molecule has 0 spiro atoms. The minimum Gasteiger partial charge on any atom is -0.459 e. The summed E-state index contributed by atoms with van der Waals surface area (Å²) >= 11 is 3.26. The first-order chi connectivity index (χ1) is 13.3. The second-order valence-corrected chi connectivity index (χ2v) is 8.33. The van der Waals surface area contributed by atoms with Crippen molar-refractivity contribution in [2.45, 2.75) is 11.8 Å². The van der Waals surface area contributed by atoms with Gasteiger partial charge in [0.25, 0.3) is 15.9 Å². The normalized spacial score (nSPS) is 11.9. The predicted molar refractivity (Wildman–Crippen MR) is 110 cm³/mol. The number of rotatable bonds is 6. The number of hydrogen-bond acceptors (Lipinski definition) is 5. The van der Waals surface area contributed by atoms with Gasteiger partial charge in [-0.25, -0.2) is 0 Å². The van der Waals surface area contributed by atoms with Crippen LogP contribution in [0.15, 0.2) is 85.8 Å². The number of hydrogen-bond donors (Lipinski definition) is 2. The van der Waals surface area contributed by atoms with E-state index in [0.717, 1.165) is 4.47 Å². The summed E-state index contributed by atoms with van der Waals surface area (Å²) < 4.78 is 30.4. The van der Waals surface area contributed by atoms with Crippen molar-refractivity contribution in [2.75, 3.05) is 5.32 Å². The number of nitrogens with zero attached hydrogens (tertiary/aromatic N) is 1. The summed E-state index contributed by atoms with van der Waals surface area (Å²) in [5.74, 6) is -0.144. The Hall–Kier alpha value is -2.91. The number of nitrogens with one attached hydrogen (secondary N) is 2. The Morgan fingerprint density at radius 3 is 2.32 bits per heavy atom. The fourth-order valence-corrected chi connectivity index (χ4v) is 3.38. The van der Waals surface area contributed by atoms with Gasteiger partial charge in [-0.05, 0) is 61.0 Å². The van der Waals surface area contributed by atoms with Crippen molar-refractivity contribution >= 4 is 43.3 Å². The van der Waals surface area contributed by atoms with Crippen LogP contribution in [0, 0.1) is 0 Å². The molecule has 7 nitrogen and oxygen atoms in total. The number of furan rings is 1. The highest BCUT2D eigenvalue weighted by Gasteiger charge is 2.13. The quantitative estimate of drug-likeness (QED) is 0.427. The van der Waals surface area contributed by atoms with Gasteiger partial charge in [0.2, 0.25) is 0 Å². The number of hydrazone groups is 1. The van der Waals surface area contributed by atoms with Crippen molar-refractivity contribution in [3.8, 4) is 0 Å². The molecule has 0 unspecified atom stereocenters. The van der Waals surface area contributed by atoms with Gasteiger partial charge in [0, 0.05) is 10.2 Å². The molecule has 2 aromatic carbocycles. The van der Waals surface area contributed by atoms with Crippen molar-refractivity contribution < 1.29 is 17.6 Å². The van der Waals surface area contributed by atoms with Crippen molar-refractivity contribution in [3.05, 3.63) is 82.7 Å². The SMILES string of the molecule is CC(=NNS(=O)(=O)c1ccc(Br)cc1)c1ccc(NC(=O)c2ccco2)cc1. The molecule has 1 amide bonds. The molecule has 0 fully saturated rings. The van der Waals surface area contributed by atoms with E-state index >= 15 is 0 Å². The highest BCUT2D eigenvalue weighted by molar-refractivity contribution is 9.10. The van der Waals surface area contributed by atoms with Gasteiger partial charge in [-0.1, -0.05) is 28.1 Å². The third-order valence-corrected chi connectivity index (χ3v) is 5.52. The summed E-state index contributed by atoms with van der Waals surface area (Å²) in [6.45, 7) is 1.68. The molecule has 9 heteroatoms. The molecule has 0 aliphatic heterocycles. The fourth-order valence-electron chi connectivity index (χ4n) is 2.25. The zero-order chi connectivity index (χ0) is 20.1. The average molecular weight is 462 g/mol. The van der Waals surface area contributed by atoms with Gasteiger partial charge in [-0.2, -0.15) is 18.4 Å².